The SMILES string of the molecule is NCCNC(CCCCC1CCCCC1)C1CCCCC1. The molecule has 2 heteroatoms. The average molecular weight is 295 g/mol. The number of hydrogen-bond acceptors (Lipinski definition) is 2. The van der Waals surface area contributed by atoms with Crippen LogP contribution in [-0.2, 0) is 0 Å². The molecular weight excluding hydrogens is 256 g/mol. The van der Waals surface area contributed by atoms with Crippen LogP contribution in [0.2, 0.25) is 0 Å². The Morgan fingerprint density at radius 1 is 0.857 bits per heavy atom. The van der Waals surface area contributed by atoms with Crippen LogP contribution in [0.1, 0.15) is 89.9 Å². The minimum Gasteiger partial charge on any atom is -0.329 e. The van der Waals surface area contributed by atoms with Gasteiger partial charge in [-0.05, 0) is 31.1 Å². The number of unbranched alkanes of at least 4 members (excludes halogenated alkanes) is 1. The summed E-state index contributed by atoms with van der Waals surface area (Å²) in [5.41, 5.74) is 5.70. The van der Waals surface area contributed by atoms with Crippen LogP contribution in [-0.4, -0.2) is 19.1 Å². The van der Waals surface area contributed by atoms with E-state index in [4.69, 9.17) is 5.73 Å². The zero-order chi connectivity index (χ0) is 14.8. The molecule has 0 radical (unpaired) electrons. The third-order valence-electron chi connectivity index (χ3n) is 5.87. The summed E-state index contributed by atoms with van der Waals surface area (Å²) < 4.78 is 0. The van der Waals surface area contributed by atoms with E-state index < -0.39 is 0 Å². The number of rotatable bonds is 9. The van der Waals surface area contributed by atoms with Crippen LogP contribution in [0, 0.1) is 11.8 Å². The Kier molecular flexibility index (Phi) is 8.73. The first-order valence-corrected chi connectivity index (χ1v) is 9.83. The van der Waals surface area contributed by atoms with Crippen LogP contribution >= 0.6 is 0 Å². The summed E-state index contributed by atoms with van der Waals surface area (Å²) in [7, 11) is 0. The van der Waals surface area contributed by atoms with Gasteiger partial charge < -0.3 is 11.1 Å². The maximum absolute atomic E-state index is 5.70. The summed E-state index contributed by atoms with van der Waals surface area (Å²) >= 11 is 0. The summed E-state index contributed by atoms with van der Waals surface area (Å²) in [6.45, 7) is 1.79. The summed E-state index contributed by atoms with van der Waals surface area (Å²) in [6.07, 6.45) is 20.5. The predicted octanol–water partition coefficient (Wildman–Crippen LogP) is 4.62. The van der Waals surface area contributed by atoms with Crippen molar-refractivity contribution in [1.29, 1.82) is 0 Å². The van der Waals surface area contributed by atoms with E-state index in [2.05, 4.69) is 5.32 Å². The van der Waals surface area contributed by atoms with Crippen LogP contribution in [0.15, 0.2) is 0 Å². The van der Waals surface area contributed by atoms with Gasteiger partial charge in [0.1, 0.15) is 0 Å². The highest BCUT2D eigenvalue weighted by molar-refractivity contribution is 4.79. The molecule has 0 heterocycles. The Balaban J connectivity index is 1.63. The average Bonchev–Trinajstić information content (AvgIpc) is 2.56. The van der Waals surface area contributed by atoms with Gasteiger partial charge in [-0.1, -0.05) is 70.6 Å². The van der Waals surface area contributed by atoms with Crippen molar-refractivity contribution >= 4 is 0 Å². The van der Waals surface area contributed by atoms with Crippen molar-refractivity contribution < 1.29 is 0 Å². The maximum Gasteiger partial charge on any atom is 0.00958 e. The zero-order valence-corrected chi connectivity index (χ0v) is 14.1. The van der Waals surface area contributed by atoms with Crippen LogP contribution < -0.4 is 11.1 Å². The summed E-state index contributed by atoms with van der Waals surface area (Å²) in [5.74, 6) is 1.99. The second kappa shape index (κ2) is 10.6. The lowest BCUT2D eigenvalue weighted by Crippen LogP contribution is -2.39. The molecule has 2 fully saturated rings. The minimum absolute atomic E-state index is 0.750. The molecule has 0 bridgehead atoms. The van der Waals surface area contributed by atoms with Gasteiger partial charge in [0.25, 0.3) is 0 Å². The Bertz CT molecular complexity index is 242. The van der Waals surface area contributed by atoms with Crippen molar-refractivity contribution in [2.24, 2.45) is 17.6 Å². The lowest BCUT2D eigenvalue weighted by Gasteiger charge is -2.31. The normalized spacial score (nSPS) is 23.3. The molecule has 2 aliphatic rings. The highest BCUT2D eigenvalue weighted by Gasteiger charge is 2.22. The van der Waals surface area contributed by atoms with Crippen LogP contribution in [0.25, 0.3) is 0 Å². The van der Waals surface area contributed by atoms with E-state index >= 15 is 0 Å². The third kappa shape index (κ3) is 6.69. The Morgan fingerprint density at radius 3 is 2.19 bits per heavy atom. The van der Waals surface area contributed by atoms with Gasteiger partial charge in [0, 0.05) is 19.1 Å². The van der Waals surface area contributed by atoms with E-state index in [9.17, 15) is 0 Å². The molecule has 2 nitrogen and oxygen atoms in total. The summed E-state index contributed by atoms with van der Waals surface area (Å²) in [4.78, 5) is 0. The van der Waals surface area contributed by atoms with E-state index in [1.807, 2.05) is 0 Å². The van der Waals surface area contributed by atoms with Gasteiger partial charge >= 0.3 is 0 Å². The fourth-order valence-electron chi connectivity index (χ4n) is 4.58. The zero-order valence-electron chi connectivity index (χ0n) is 14.1. The van der Waals surface area contributed by atoms with Gasteiger partial charge in [0.05, 0.1) is 0 Å². The molecular formula is C19H38N2. The van der Waals surface area contributed by atoms with Crippen molar-refractivity contribution in [3.63, 3.8) is 0 Å². The summed E-state index contributed by atoms with van der Waals surface area (Å²) in [5, 5.41) is 3.75. The fraction of sp³-hybridized carbons (Fsp3) is 1.00. The largest absolute Gasteiger partial charge is 0.329 e. The molecule has 1 unspecified atom stereocenters. The van der Waals surface area contributed by atoms with E-state index in [1.54, 1.807) is 0 Å². The van der Waals surface area contributed by atoms with Crippen LogP contribution in [0.5, 0.6) is 0 Å². The quantitative estimate of drug-likeness (QED) is 0.609. The predicted molar refractivity (Wildman–Crippen MR) is 92.5 cm³/mol. The summed E-state index contributed by atoms with van der Waals surface area (Å²) in [6, 6.07) is 0.750. The molecule has 0 aliphatic heterocycles. The molecule has 0 saturated heterocycles. The van der Waals surface area contributed by atoms with Gasteiger partial charge in [-0.2, -0.15) is 0 Å². The van der Waals surface area contributed by atoms with Crippen molar-refractivity contribution in [2.45, 2.75) is 95.9 Å². The van der Waals surface area contributed by atoms with Gasteiger partial charge in [-0.3, -0.25) is 0 Å². The van der Waals surface area contributed by atoms with Gasteiger partial charge in [-0.25, -0.2) is 0 Å². The molecule has 3 N–H and O–H groups in total. The molecule has 0 spiro atoms. The monoisotopic (exact) mass is 294 g/mol. The van der Waals surface area contributed by atoms with Gasteiger partial charge in [0.15, 0.2) is 0 Å². The van der Waals surface area contributed by atoms with E-state index in [0.29, 0.717) is 0 Å². The van der Waals surface area contributed by atoms with Crippen molar-refractivity contribution in [2.75, 3.05) is 13.1 Å². The lowest BCUT2D eigenvalue weighted by molar-refractivity contribution is 0.251. The first-order valence-electron chi connectivity index (χ1n) is 9.83. The highest BCUT2D eigenvalue weighted by Crippen LogP contribution is 2.30. The third-order valence-corrected chi connectivity index (χ3v) is 5.87. The fourth-order valence-corrected chi connectivity index (χ4v) is 4.58. The molecule has 0 aromatic carbocycles. The van der Waals surface area contributed by atoms with E-state index in [1.165, 1.54) is 89.9 Å². The second-order valence-electron chi connectivity index (χ2n) is 7.54. The van der Waals surface area contributed by atoms with Crippen molar-refractivity contribution in [1.82, 2.24) is 5.32 Å². The smallest absolute Gasteiger partial charge is 0.00958 e. The molecule has 2 aliphatic carbocycles. The van der Waals surface area contributed by atoms with E-state index in [-0.39, 0.29) is 0 Å². The number of hydrogen-bond donors (Lipinski definition) is 2. The highest BCUT2D eigenvalue weighted by atomic mass is 14.9. The molecule has 21 heavy (non-hydrogen) atoms. The molecule has 124 valence electrons. The van der Waals surface area contributed by atoms with Crippen molar-refractivity contribution in [3.8, 4) is 0 Å². The first-order chi connectivity index (χ1) is 10.4. The van der Waals surface area contributed by atoms with Crippen molar-refractivity contribution in [3.05, 3.63) is 0 Å². The molecule has 1 atom stereocenters. The Morgan fingerprint density at radius 2 is 1.52 bits per heavy atom. The van der Waals surface area contributed by atoms with E-state index in [0.717, 1.165) is 31.0 Å². The number of nitrogens with two attached hydrogens (primary N) is 1. The van der Waals surface area contributed by atoms with Gasteiger partial charge in [-0.15, -0.1) is 0 Å². The molecule has 0 aromatic rings. The Labute approximate surface area is 132 Å². The topological polar surface area (TPSA) is 38.0 Å². The molecule has 0 aromatic heterocycles. The second-order valence-corrected chi connectivity index (χ2v) is 7.54. The first kappa shape index (κ1) is 17.3. The number of nitrogens with one attached hydrogen (secondary N) is 1. The van der Waals surface area contributed by atoms with Gasteiger partial charge in [0.2, 0.25) is 0 Å². The molecule has 2 rings (SSSR count). The molecule has 2 saturated carbocycles. The lowest BCUT2D eigenvalue weighted by atomic mass is 9.81. The Hall–Kier alpha value is -0.0800. The van der Waals surface area contributed by atoms with Crippen LogP contribution in [0.4, 0.5) is 0 Å². The maximum atomic E-state index is 5.70. The van der Waals surface area contributed by atoms with Crippen LogP contribution in [0.3, 0.4) is 0 Å². The standard InChI is InChI=1S/C19H38N2/c20-15-16-21-19(18-12-5-2-6-13-18)14-8-7-11-17-9-3-1-4-10-17/h17-19,21H,1-16,20H2. The molecule has 0 amide bonds. The minimum atomic E-state index is 0.750.